The average molecular weight is 360 g/mol. The van der Waals surface area contributed by atoms with Crippen LogP contribution in [0.15, 0.2) is 41.2 Å². The minimum Gasteiger partial charge on any atom is -0.383 e. The maximum atomic E-state index is 6.21. The Hall–Kier alpha value is -3.22. The van der Waals surface area contributed by atoms with Crippen LogP contribution in [-0.2, 0) is 0 Å². The Morgan fingerprint density at radius 1 is 1.11 bits per heavy atom. The van der Waals surface area contributed by atoms with Gasteiger partial charge in [0.15, 0.2) is 5.65 Å². The van der Waals surface area contributed by atoms with E-state index < -0.39 is 0 Å². The van der Waals surface area contributed by atoms with Crippen LogP contribution in [0.4, 0.5) is 5.82 Å². The molecule has 3 aromatic heterocycles. The van der Waals surface area contributed by atoms with E-state index in [2.05, 4.69) is 41.1 Å². The Morgan fingerprint density at radius 3 is 2.59 bits per heavy atom. The van der Waals surface area contributed by atoms with Crippen molar-refractivity contribution in [1.29, 1.82) is 0 Å². The third-order valence-electron chi connectivity index (χ3n) is 4.96. The maximum Gasteiger partial charge on any atom is 0.164 e. The second-order valence-corrected chi connectivity index (χ2v) is 7.26. The number of benzene rings is 1. The van der Waals surface area contributed by atoms with Crippen LogP contribution in [0.1, 0.15) is 44.4 Å². The number of nitrogens with two attached hydrogens (primary N) is 1. The molecule has 0 unspecified atom stereocenters. The van der Waals surface area contributed by atoms with Gasteiger partial charge in [-0.2, -0.15) is 5.10 Å². The SMILES string of the molecule is CC(C)n1nc(-c2noc(C3CC3)c2-c2ccccc2)c2c(N)ncnc21. The van der Waals surface area contributed by atoms with Crippen LogP contribution in [0.5, 0.6) is 0 Å². The number of hydrogen-bond donors (Lipinski definition) is 1. The number of aromatic nitrogens is 5. The van der Waals surface area contributed by atoms with E-state index in [-0.39, 0.29) is 6.04 Å². The molecule has 0 radical (unpaired) electrons. The maximum absolute atomic E-state index is 6.21. The Labute approximate surface area is 156 Å². The topological polar surface area (TPSA) is 95.7 Å². The molecule has 5 rings (SSSR count). The van der Waals surface area contributed by atoms with Crippen LogP contribution in [0, 0.1) is 0 Å². The first-order valence-corrected chi connectivity index (χ1v) is 9.19. The van der Waals surface area contributed by atoms with Crippen LogP contribution in [0.2, 0.25) is 0 Å². The van der Waals surface area contributed by atoms with Gasteiger partial charge in [-0.3, -0.25) is 0 Å². The lowest BCUT2D eigenvalue weighted by Gasteiger charge is -2.05. The van der Waals surface area contributed by atoms with Gasteiger partial charge in [0.25, 0.3) is 0 Å². The van der Waals surface area contributed by atoms with Gasteiger partial charge in [0.05, 0.1) is 10.9 Å². The van der Waals surface area contributed by atoms with E-state index in [0.717, 1.165) is 35.1 Å². The predicted octanol–water partition coefficient (Wildman–Crippen LogP) is 4.19. The standard InChI is InChI=1S/C20H20N6O/c1-11(2)26-20-15(19(21)22-10-23-20)16(24-26)17-14(12-6-4-3-5-7-12)18(27-25-17)13-8-9-13/h3-7,10-11,13H,8-9H2,1-2H3,(H2,21,22,23). The zero-order valence-corrected chi connectivity index (χ0v) is 15.3. The van der Waals surface area contributed by atoms with Crippen molar-refractivity contribution in [3.05, 3.63) is 42.4 Å². The van der Waals surface area contributed by atoms with Gasteiger partial charge < -0.3 is 10.3 Å². The second-order valence-electron chi connectivity index (χ2n) is 7.26. The van der Waals surface area contributed by atoms with Crippen LogP contribution < -0.4 is 5.73 Å². The number of nitrogen functional groups attached to an aromatic ring is 1. The third-order valence-corrected chi connectivity index (χ3v) is 4.96. The summed E-state index contributed by atoms with van der Waals surface area (Å²) in [4.78, 5) is 8.59. The first-order valence-electron chi connectivity index (χ1n) is 9.19. The summed E-state index contributed by atoms with van der Waals surface area (Å²) >= 11 is 0. The lowest BCUT2D eigenvalue weighted by atomic mass is 9.99. The van der Waals surface area contributed by atoms with Gasteiger partial charge in [-0.15, -0.1) is 0 Å². The molecule has 0 bridgehead atoms. The molecule has 4 aromatic rings. The quantitative estimate of drug-likeness (QED) is 0.586. The Bertz CT molecular complexity index is 1120. The lowest BCUT2D eigenvalue weighted by molar-refractivity contribution is 0.386. The molecule has 0 spiro atoms. The first kappa shape index (κ1) is 16.0. The molecule has 1 fully saturated rings. The Morgan fingerprint density at radius 2 is 1.89 bits per heavy atom. The fourth-order valence-corrected chi connectivity index (χ4v) is 3.49. The Kier molecular flexibility index (Phi) is 3.50. The smallest absolute Gasteiger partial charge is 0.164 e. The van der Waals surface area contributed by atoms with Crippen molar-refractivity contribution in [2.45, 2.75) is 38.6 Å². The summed E-state index contributed by atoms with van der Waals surface area (Å²) < 4.78 is 7.67. The van der Waals surface area contributed by atoms with Gasteiger partial charge >= 0.3 is 0 Å². The highest BCUT2D eigenvalue weighted by Crippen LogP contribution is 2.48. The molecular weight excluding hydrogens is 340 g/mol. The fourth-order valence-electron chi connectivity index (χ4n) is 3.49. The third kappa shape index (κ3) is 2.50. The van der Waals surface area contributed by atoms with E-state index in [9.17, 15) is 0 Å². The molecule has 1 aromatic carbocycles. The highest BCUT2D eigenvalue weighted by Gasteiger charge is 2.34. The summed E-state index contributed by atoms with van der Waals surface area (Å²) in [6.07, 6.45) is 3.72. The number of fused-ring (bicyclic) bond motifs is 1. The molecule has 0 atom stereocenters. The summed E-state index contributed by atoms with van der Waals surface area (Å²) in [6.45, 7) is 4.12. The Balaban J connectivity index is 1.82. The number of hydrogen-bond acceptors (Lipinski definition) is 6. The van der Waals surface area contributed by atoms with Gasteiger partial charge in [-0.1, -0.05) is 35.5 Å². The normalized spacial score (nSPS) is 14.3. The van der Waals surface area contributed by atoms with Crippen LogP contribution in [-0.4, -0.2) is 24.9 Å². The van der Waals surface area contributed by atoms with Crippen LogP contribution in [0.3, 0.4) is 0 Å². The van der Waals surface area contributed by atoms with Gasteiger partial charge in [-0.05, 0) is 32.3 Å². The van der Waals surface area contributed by atoms with E-state index in [4.69, 9.17) is 15.4 Å². The van der Waals surface area contributed by atoms with E-state index in [0.29, 0.717) is 28.8 Å². The number of rotatable bonds is 4. The van der Waals surface area contributed by atoms with E-state index in [1.807, 2.05) is 22.9 Å². The molecular formula is C20H20N6O. The summed E-state index contributed by atoms with van der Waals surface area (Å²) in [6, 6.07) is 10.3. The van der Waals surface area contributed by atoms with Gasteiger partial charge in [0, 0.05) is 12.0 Å². The number of anilines is 1. The van der Waals surface area contributed by atoms with Crippen molar-refractivity contribution in [2.24, 2.45) is 0 Å². The highest BCUT2D eigenvalue weighted by atomic mass is 16.5. The van der Waals surface area contributed by atoms with E-state index in [1.54, 1.807) is 0 Å². The van der Waals surface area contributed by atoms with Crippen molar-refractivity contribution < 1.29 is 4.52 Å². The molecule has 136 valence electrons. The first-order chi connectivity index (χ1) is 13.1. The lowest BCUT2D eigenvalue weighted by Crippen LogP contribution is -2.04. The van der Waals surface area contributed by atoms with Crippen molar-refractivity contribution in [3.8, 4) is 22.5 Å². The number of nitrogens with zero attached hydrogens (tertiary/aromatic N) is 5. The van der Waals surface area contributed by atoms with Gasteiger partial charge in [0.1, 0.15) is 29.3 Å². The molecule has 0 amide bonds. The molecule has 1 aliphatic rings. The second kappa shape index (κ2) is 5.90. The highest BCUT2D eigenvalue weighted by molar-refractivity contribution is 6.00. The largest absolute Gasteiger partial charge is 0.383 e. The zero-order chi connectivity index (χ0) is 18.5. The van der Waals surface area contributed by atoms with Crippen LogP contribution >= 0.6 is 0 Å². The summed E-state index contributed by atoms with van der Waals surface area (Å²) in [5.74, 6) is 1.75. The molecule has 1 aliphatic carbocycles. The molecule has 0 saturated heterocycles. The van der Waals surface area contributed by atoms with Gasteiger partial charge in [0.2, 0.25) is 0 Å². The van der Waals surface area contributed by atoms with E-state index >= 15 is 0 Å². The van der Waals surface area contributed by atoms with Crippen molar-refractivity contribution in [1.82, 2.24) is 24.9 Å². The van der Waals surface area contributed by atoms with Crippen molar-refractivity contribution >= 4 is 16.9 Å². The van der Waals surface area contributed by atoms with Crippen molar-refractivity contribution in [2.75, 3.05) is 5.73 Å². The summed E-state index contributed by atoms with van der Waals surface area (Å²) in [7, 11) is 0. The van der Waals surface area contributed by atoms with Gasteiger partial charge in [-0.25, -0.2) is 14.6 Å². The molecule has 7 nitrogen and oxygen atoms in total. The summed E-state index contributed by atoms with van der Waals surface area (Å²) in [5.41, 5.74) is 10.4. The minimum atomic E-state index is 0.130. The molecule has 7 heteroatoms. The molecule has 2 N–H and O–H groups in total. The average Bonchev–Trinajstić information content (AvgIpc) is 3.29. The minimum absolute atomic E-state index is 0.130. The van der Waals surface area contributed by atoms with Crippen LogP contribution in [0.25, 0.3) is 33.5 Å². The van der Waals surface area contributed by atoms with E-state index in [1.165, 1.54) is 6.33 Å². The molecule has 0 aliphatic heterocycles. The molecule has 3 heterocycles. The van der Waals surface area contributed by atoms with Crippen molar-refractivity contribution in [3.63, 3.8) is 0 Å². The molecule has 1 saturated carbocycles. The monoisotopic (exact) mass is 360 g/mol. The fraction of sp³-hybridized carbons (Fsp3) is 0.300. The predicted molar refractivity (Wildman–Crippen MR) is 103 cm³/mol. The molecule has 27 heavy (non-hydrogen) atoms. The zero-order valence-electron chi connectivity index (χ0n) is 15.3. The summed E-state index contributed by atoms with van der Waals surface area (Å²) in [5, 5.41) is 9.96.